The highest BCUT2D eigenvalue weighted by Gasteiger charge is 2.20. The van der Waals surface area contributed by atoms with Crippen molar-refractivity contribution < 1.29 is 9.53 Å². The molecule has 0 aliphatic rings. The molecule has 2 N–H and O–H groups in total. The molecule has 3 nitrogen and oxygen atoms in total. The largest absolute Gasteiger partial charge is 0.475 e. The molecule has 2 aromatic rings. The van der Waals surface area contributed by atoms with Gasteiger partial charge in [0, 0.05) is 5.56 Å². The second-order valence-electron chi connectivity index (χ2n) is 3.74. The summed E-state index contributed by atoms with van der Waals surface area (Å²) in [6, 6.07) is 16.5. The molecule has 18 heavy (non-hydrogen) atoms. The Morgan fingerprint density at radius 2 is 1.67 bits per heavy atom. The molecular formula is C14H12BrNO2. The fourth-order valence-electron chi connectivity index (χ4n) is 1.59. The Kier molecular flexibility index (Phi) is 3.99. The lowest BCUT2D eigenvalue weighted by molar-refractivity contribution is -0.125. The van der Waals surface area contributed by atoms with E-state index in [4.69, 9.17) is 10.5 Å². The molecule has 0 aliphatic heterocycles. The van der Waals surface area contributed by atoms with Gasteiger partial charge in [-0.05, 0) is 28.1 Å². The Morgan fingerprint density at radius 3 is 2.28 bits per heavy atom. The SMILES string of the molecule is NC(=O)C(Oc1ccccc1Br)c1ccccc1. The van der Waals surface area contributed by atoms with Gasteiger partial charge >= 0.3 is 0 Å². The Morgan fingerprint density at radius 1 is 1.06 bits per heavy atom. The van der Waals surface area contributed by atoms with Crippen molar-refractivity contribution >= 4 is 21.8 Å². The molecule has 0 aliphatic carbocycles. The van der Waals surface area contributed by atoms with E-state index in [1.54, 1.807) is 6.07 Å². The Labute approximate surface area is 114 Å². The number of para-hydroxylation sites is 1. The first-order valence-electron chi connectivity index (χ1n) is 5.44. The molecular weight excluding hydrogens is 294 g/mol. The number of benzene rings is 2. The van der Waals surface area contributed by atoms with E-state index in [9.17, 15) is 4.79 Å². The lowest BCUT2D eigenvalue weighted by Gasteiger charge is -2.17. The molecule has 0 heterocycles. The maximum atomic E-state index is 11.5. The van der Waals surface area contributed by atoms with Gasteiger partial charge in [0.15, 0.2) is 0 Å². The number of rotatable bonds is 4. The molecule has 0 radical (unpaired) electrons. The fraction of sp³-hybridized carbons (Fsp3) is 0.0714. The number of halogens is 1. The van der Waals surface area contributed by atoms with Crippen LogP contribution < -0.4 is 10.5 Å². The molecule has 0 spiro atoms. The third kappa shape index (κ3) is 2.90. The Hall–Kier alpha value is -1.81. The van der Waals surface area contributed by atoms with Crippen LogP contribution in [-0.2, 0) is 4.79 Å². The molecule has 1 atom stereocenters. The summed E-state index contributed by atoms with van der Waals surface area (Å²) in [4.78, 5) is 11.5. The summed E-state index contributed by atoms with van der Waals surface area (Å²) in [7, 11) is 0. The molecule has 0 fully saturated rings. The van der Waals surface area contributed by atoms with E-state index < -0.39 is 12.0 Å². The summed E-state index contributed by atoms with van der Waals surface area (Å²) in [6.45, 7) is 0. The van der Waals surface area contributed by atoms with E-state index in [1.807, 2.05) is 48.5 Å². The molecule has 2 aromatic carbocycles. The summed E-state index contributed by atoms with van der Waals surface area (Å²) < 4.78 is 6.46. The van der Waals surface area contributed by atoms with Crippen LogP contribution in [0.4, 0.5) is 0 Å². The van der Waals surface area contributed by atoms with Crippen LogP contribution in [0.2, 0.25) is 0 Å². The van der Waals surface area contributed by atoms with Gasteiger partial charge in [-0.2, -0.15) is 0 Å². The number of ether oxygens (including phenoxy) is 1. The van der Waals surface area contributed by atoms with Crippen LogP contribution in [0.25, 0.3) is 0 Å². The van der Waals surface area contributed by atoms with Gasteiger partial charge in [0.2, 0.25) is 6.10 Å². The molecule has 92 valence electrons. The zero-order chi connectivity index (χ0) is 13.0. The number of primary amides is 1. The minimum atomic E-state index is -0.787. The molecule has 2 rings (SSSR count). The first kappa shape index (κ1) is 12.6. The second kappa shape index (κ2) is 5.69. The van der Waals surface area contributed by atoms with E-state index in [-0.39, 0.29) is 0 Å². The molecule has 0 bridgehead atoms. The lowest BCUT2D eigenvalue weighted by Crippen LogP contribution is -2.26. The van der Waals surface area contributed by atoms with E-state index >= 15 is 0 Å². The predicted molar refractivity (Wildman–Crippen MR) is 73.1 cm³/mol. The maximum Gasteiger partial charge on any atom is 0.263 e. The van der Waals surface area contributed by atoms with Crippen molar-refractivity contribution in [3.05, 3.63) is 64.6 Å². The van der Waals surface area contributed by atoms with Crippen LogP contribution in [0.3, 0.4) is 0 Å². The van der Waals surface area contributed by atoms with Gasteiger partial charge in [-0.3, -0.25) is 4.79 Å². The monoisotopic (exact) mass is 305 g/mol. The average molecular weight is 306 g/mol. The van der Waals surface area contributed by atoms with Gasteiger partial charge in [-0.25, -0.2) is 0 Å². The topological polar surface area (TPSA) is 52.3 Å². The fourth-order valence-corrected chi connectivity index (χ4v) is 1.96. The number of nitrogens with two attached hydrogens (primary N) is 1. The predicted octanol–water partition coefficient (Wildman–Crippen LogP) is 3.05. The summed E-state index contributed by atoms with van der Waals surface area (Å²) in [6.07, 6.45) is -0.787. The van der Waals surface area contributed by atoms with Crippen molar-refractivity contribution in [3.63, 3.8) is 0 Å². The second-order valence-corrected chi connectivity index (χ2v) is 4.60. The molecule has 0 aromatic heterocycles. The molecule has 1 amide bonds. The summed E-state index contributed by atoms with van der Waals surface area (Å²) >= 11 is 3.37. The normalized spacial score (nSPS) is 11.8. The van der Waals surface area contributed by atoms with E-state index in [2.05, 4.69) is 15.9 Å². The first-order valence-corrected chi connectivity index (χ1v) is 6.23. The van der Waals surface area contributed by atoms with Gasteiger partial charge in [0.1, 0.15) is 5.75 Å². The smallest absolute Gasteiger partial charge is 0.263 e. The average Bonchev–Trinajstić information content (AvgIpc) is 2.38. The number of carbonyl (C=O) groups excluding carboxylic acids is 1. The lowest BCUT2D eigenvalue weighted by atomic mass is 10.1. The van der Waals surface area contributed by atoms with Gasteiger partial charge in [0.25, 0.3) is 5.91 Å². The molecule has 0 saturated heterocycles. The molecule has 1 unspecified atom stereocenters. The van der Waals surface area contributed by atoms with Crippen molar-refractivity contribution in [2.24, 2.45) is 5.73 Å². The zero-order valence-corrected chi connectivity index (χ0v) is 11.1. The number of hydrogen-bond acceptors (Lipinski definition) is 2. The highest BCUT2D eigenvalue weighted by Crippen LogP contribution is 2.28. The van der Waals surface area contributed by atoms with E-state index in [1.165, 1.54) is 0 Å². The van der Waals surface area contributed by atoms with Crippen LogP contribution in [0.5, 0.6) is 5.75 Å². The molecule has 4 heteroatoms. The van der Waals surface area contributed by atoms with Crippen LogP contribution in [0.1, 0.15) is 11.7 Å². The standard InChI is InChI=1S/C14H12BrNO2/c15-11-8-4-5-9-12(11)18-13(14(16)17)10-6-2-1-3-7-10/h1-9,13H,(H2,16,17). The quantitative estimate of drug-likeness (QED) is 0.944. The van der Waals surface area contributed by atoms with Gasteiger partial charge in [-0.1, -0.05) is 42.5 Å². The third-order valence-corrected chi connectivity index (χ3v) is 3.10. The molecule has 0 saturated carbocycles. The third-order valence-electron chi connectivity index (χ3n) is 2.44. The highest BCUT2D eigenvalue weighted by molar-refractivity contribution is 9.10. The Balaban J connectivity index is 2.28. The van der Waals surface area contributed by atoms with Crippen molar-refractivity contribution in [2.75, 3.05) is 0 Å². The van der Waals surface area contributed by atoms with E-state index in [0.717, 1.165) is 10.0 Å². The van der Waals surface area contributed by atoms with E-state index in [0.29, 0.717) is 5.75 Å². The van der Waals surface area contributed by atoms with Crippen LogP contribution in [0.15, 0.2) is 59.1 Å². The van der Waals surface area contributed by atoms with Crippen molar-refractivity contribution in [1.82, 2.24) is 0 Å². The van der Waals surface area contributed by atoms with Gasteiger partial charge in [-0.15, -0.1) is 0 Å². The summed E-state index contributed by atoms with van der Waals surface area (Å²) in [5.74, 6) is 0.0714. The first-order chi connectivity index (χ1) is 8.68. The minimum Gasteiger partial charge on any atom is -0.475 e. The minimum absolute atomic E-state index is 0.517. The van der Waals surface area contributed by atoms with Crippen LogP contribution in [0, 0.1) is 0 Å². The maximum absolute atomic E-state index is 11.5. The van der Waals surface area contributed by atoms with Gasteiger partial charge < -0.3 is 10.5 Å². The summed E-state index contributed by atoms with van der Waals surface area (Å²) in [5, 5.41) is 0. The zero-order valence-electron chi connectivity index (χ0n) is 9.55. The van der Waals surface area contributed by atoms with Crippen LogP contribution >= 0.6 is 15.9 Å². The number of amides is 1. The Bertz CT molecular complexity index is 543. The summed E-state index contributed by atoms with van der Waals surface area (Å²) in [5.41, 5.74) is 6.12. The van der Waals surface area contributed by atoms with Crippen molar-refractivity contribution in [3.8, 4) is 5.75 Å². The van der Waals surface area contributed by atoms with Crippen LogP contribution in [-0.4, -0.2) is 5.91 Å². The number of carbonyl (C=O) groups is 1. The van der Waals surface area contributed by atoms with Crippen molar-refractivity contribution in [1.29, 1.82) is 0 Å². The highest BCUT2D eigenvalue weighted by atomic mass is 79.9. The number of hydrogen-bond donors (Lipinski definition) is 1. The van der Waals surface area contributed by atoms with Crippen molar-refractivity contribution in [2.45, 2.75) is 6.10 Å². The van der Waals surface area contributed by atoms with Gasteiger partial charge in [0.05, 0.1) is 4.47 Å².